The Bertz CT molecular complexity index is 1710. The number of nitrogens with one attached hydrogen (secondary N) is 2. The Morgan fingerprint density at radius 1 is 0.788 bits per heavy atom. The highest BCUT2D eigenvalue weighted by Gasteiger charge is 2.34. The SMILES string of the molecule is C=CCOC(=O)Nc1cc(OCCCOc2cc(NC(=O)O)c(C(=O)N3CC(=C)C[C@H]3CO)cc2OC)c(OC)cc1C(=O)N1CC(=C)C[C@H]1CO. The number of anilines is 2. The second-order valence-corrected chi connectivity index (χ2v) is 12.0. The second-order valence-electron chi connectivity index (χ2n) is 12.0. The summed E-state index contributed by atoms with van der Waals surface area (Å²) in [5.41, 5.74) is 1.69. The maximum absolute atomic E-state index is 13.7. The summed E-state index contributed by atoms with van der Waals surface area (Å²) < 4.78 is 27.9. The first kappa shape index (κ1) is 39.1. The van der Waals surface area contributed by atoms with Crippen molar-refractivity contribution in [2.45, 2.75) is 31.3 Å². The van der Waals surface area contributed by atoms with Crippen LogP contribution in [0.15, 0.2) is 61.2 Å². The van der Waals surface area contributed by atoms with Gasteiger partial charge in [-0.05, 0) is 25.0 Å². The molecule has 2 aliphatic rings. The second kappa shape index (κ2) is 18.0. The average Bonchev–Trinajstić information content (AvgIpc) is 3.71. The average molecular weight is 725 g/mol. The van der Waals surface area contributed by atoms with Crippen LogP contribution in [0.5, 0.6) is 23.0 Å². The first-order valence-corrected chi connectivity index (χ1v) is 16.4. The van der Waals surface area contributed by atoms with Gasteiger partial charge < -0.3 is 48.8 Å². The highest BCUT2D eigenvalue weighted by Crippen LogP contribution is 2.38. The van der Waals surface area contributed by atoms with Crippen molar-refractivity contribution in [3.8, 4) is 23.0 Å². The van der Waals surface area contributed by atoms with Crippen LogP contribution in [0.4, 0.5) is 21.0 Å². The lowest BCUT2D eigenvalue weighted by atomic mass is 10.1. The zero-order valence-corrected chi connectivity index (χ0v) is 29.1. The number of amides is 4. The van der Waals surface area contributed by atoms with Gasteiger partial charge in [0, 0.05) is 31.6 Å². The summed E-state index contributed by atoms with van der Waals surface area (Å²) in [6.07, 6.45) is 0.329. The molecule has 2 atom stereocenters. The number of carbonyl (C=O) groups is 4. The molecular formula is C36H44N4O12. The van der Waals surface area contributed by atoms with Crippen molar-refractivity contribution in [2.75, 3.05) is 71.0 Å². The molecule has 4 rings (SSSR count). The minimum atomic E-state index is -1.40. The van der Waals surface area contributed by atoms with Crippen molar-refractivity contribution in [3.63, 3.8) is 0 Å². The zero-order chi connectivity index (χ0) is 37.9. The number of rotatable bonds is 16. The van der Waals surface area contributed by atoms with E-state index in [9.17, 15) is 34.5 Å². The fourth-order valence-corrected chi connectivity index (χ4v) is 5.91. The molecule has 2 fully saturated rings. The molecule has 0 bridgehead atoms. The molecule has 2 aromatic rings. The van der Waals surface area contributed by atoms with Gasteiger partial charge in [0.2, 0.25) is 0 Å². The zero-order valence-electron chi connectivity index (χ0n) is 29.1. The van der Waals surface area contributed by atoms with Crippen molar-refractivity contribution in [2.24, 2.45) is 0 Å². The number of methoxy groups -OCH3 is 2. The Morgan fingerprint density at radius 2 is 1.25 bits per heavy atom. The summed E-state index contributed by atoms with van der Waals surface area (Å²) >= 11 is 0. The molecule has 0 unspecified atom stereocenters. The lowest BCUT2D eigenvalue weighted by molar-refractivity contribution is 0.0674. The Kier molecular flexibility index (Phi) is 13.5. The summed E-state index contributed by atoms with van der Waals surface area (Å²) in [6.45, 7) is 11.4. The third-order valence-corrected chi connectivity index (χ3v) is 8.34. The number of carboxylic acid groups (broad SMARTS) is 1. The van der Waals surface area contributed by atoms with Crippen LogP contribution in [0.3, 0.4) is 0 Å². The van der Waals surface area contributed by atoms with Crippen molar-refractivity contribution >= 4 is 35.4 Å². The van der Waals surface area contributed by atoms with Crippen molar-refractivity contribution in [1.82, 2.24) is 9.80 Å². The van der Waals surface area contributed by atoms with Crippen LogP contribution in [0, 0.1) is 0 Å². The molecule has 0 radical (unpaired) electrons. The van der Waals surface area contributed by atoms with Crippen LogP contribution in [0.25, 0.3) is 0 Å². The summed E-state index contributed by atoms with van der Waals surface area (Å²) in [7, 11) is 2.77. The summed E-state index contributed by atoms with van der Waals surface area (Å²) in [4.78, 5) is 54.2. The van der Waals surface area contributed by atoms with Crippen LogP contribution in [0.1, 0.15) is 40.0 Å². The van der Waals surface area contributed by atoms with E-state index in [4.69, 9.17) is 23.7 Å². The standard InChI is InChI=1S/C36H44N4O12/c1-6-8-52-36(47)38-28-16-32(30(49-5)14-26(28)34(44)40-18-22(3)12-24(40)20-42)51-10-7-9-50-31-15-27(37-35(45)46)25(13-29(31)48-4)33(43)39-17-21(2)11-23(39)19-41/h6,13-16,23-24,37,41-42H,1-3,7-12,17-20H2,4-5H3,(H,38,47)(H,45,46)/t23-,24-/m0/s1. The molecule has 2 saturated heterocycles. The van der Waals surface area contributed by atoms with Crippen LogP contribution in [-0.4, -0.2) is 122 Å². The number of nitrogens with zero attached hydrogens (tertiary/aromatic N) is 2. The number of hydrogen-bond acceptors (Lipinski definition) is 11. The molecule has 2 aromatic carbocycles. The summed E-state index contributed by atoms with van der Waals surface area (Å²) in [5, 5.41) is 33.9. The Balaban J connectivity index is 1.50. The number of carbonyl (C=O) groups excluding carboxylic acids is 3. The van der Waals surface area contributed by atoms with Crippen LogP contribution < -0.4 is 29.6 Å². The van der Waals surface area contributed by atoms with E-state index in [1.165, 1.54) is 54.4 Å². The quantitative estimate of drug-likeness (QED) is 0.124. The molecule has 0 aromatic heterocycles. The Hall–Kier alpha value is -5.74. The molecule has 2 aliphatic heterocycles. The maximum Gasteiger partial charge on any atom is 0.411 e. The van der Waals surface area contributed by atoms with Gasteiger partial charge in [0.05, 0.1) is 75.2 Å². The van der Waals surface area contributed by atoms with Crippen LogP contribution in [0.2, 0.25) is 0 Å². The molecule has 5 N–H and O–H groups in total. The van der Waals surface area contributed by atoms with Crippen LogP contribution in [-0.2, 0) is 4.74 Å². The normalized spacial score (nSPS) is 16.7. The molecule has 16 nitrogen and oxygen atoms in total. The first-order valence-electron chi connectivity index (χ1n) is 16.4. The van der Waals surface area contributed by atoms with Gasteiger partial charge in [0.25, 0.3) is 11.8 Å². The van der Waals surface area contributed by atoms with E-state index in [0.29, 0.717) is 19.3 Å². The van der Waals surface area contributed by atoms with Crippen LogP contribution >= 0.6 is 0 Å². The summed E-state index contributed by atoms with van der Waals surface area (Å²) in [6, 6.07) is 4.62. The monoisotopic (exact) mass is 724 g/mol. The molecule has 16 heteroatoms. The smallest absolute Gasteiger partial charge is 0.411 e. The van der Waals surface area contributed by atoms with Gasteiger partial charge in [0.15, 0.2) is 23.0 Å². The highest BCUT2D eigenvalue weighted by molar-refractivity contribution is 6.05. The van der Waals surface area contributed by atoms with Gasteiger partial charge in [-0.3, -0.25) is 20.2 Å². The van der Waals surface area contributed by atoms with E-state index in [-0.39, 0.29) is 91.6 Å². The van der Waals surface area contributed by atoms with Gasteiger partial charge in [-0.1, -0.05) is 37.0 Å². The fourth-order valence-electron chi connectivity index (χ4n) is 5.91. The molecule has 52 heavy (non-hydrogen) atoms. The minimum Gasteiger partial charge on any atom is -0.493 e. The number of hydrogen-bond donors (Lipinski definition) is 5. The van der Waals surface area contributed by atoms with Gasteiger partial charge in [-0.2, -0.15) is 0 Å². The predicted octanol–water partition coefficient (Wildman–Crippen LogP) is 3.90. The van der Waals surface area contributed by atoms with Crippen molar-refractivity contribution in [1.29, 1.82) is 0 Å². The third kappa shape index (κ3) is 9.32. The molecule has 280 valence electrons. The number of aliphatic hydroxyl groups is 2. The number of aliphatic hydroxyl groups excluding tert-OH is 2. The third-order valence-electron chi connectivity index (χ3n) is 8.34. The topological polar surface area (TPSA) is 206 Å². The molecular weight excluding hydrogens is 680 g/mol. The van der Waals surface area contributed by atoms with E-state index < -0.39 is 36.1 Å². The van der Waals surface area contributed by atoms with Gasteiger partial charge in [-0.15, -0.1) is 0 Å². The van der Waals surface area contributed by atoms with E-state index in [1.807, 2.05) is 0 Å². The van der Waals surface area contributed by atoms with E-state index >= 15 is 0 Å². The van der Waals surface area contributed by atoms with Gasteiger partial charge in [-0.25, -0.2) is 9.59 Å². The minimum absolute atomic E-state index is 0.0106. The lowest BCUT2D eigenvalue weighted by Gasteiger charge is -2.25. The maximum atomic E-state index is 13.7. The number of benzene rings is 2. The Labute approximate surface area is 300 Å². The number of ether oxygens (including phenoxy) is 5. The fraction of sp³-hybridized carbons (Fsp3) is 0.389. The molecule has 2 heterocycles. The summed E-state index contributed by atoms with van der Waals surface area (Å²) in [5.74, 6) is -0.255. The molecule has 4 amide bonds. The van der Waals surface area contributed by atoms with Crippen molar-refractivity contribution < 1.29 is 58.2 Å². The predicted molar refractivity (Wildman–Crippen MR) is 190 cm³/mol. The van der Waals surface area contributed by atoms with E-state index in [2.05, 4.69) is 30.4 Å². The Morgan fingerprint density at radius 3 is 1.65 bits per heavy atom. The largest absolute Gasteiger partial charge is 0.493 e. The molecule has 0 aliphatic carbocycles. The van der Waals surface area contributed by atoms with Crippen molar-refractivity contribution in [3.05, 3.63) is 72.4 Å². The van der Waals surface area contributed by atoms with E-state index in [0.717, 1.165) is 11.1 Å². The van der Waals surface area contributed by atoms with E-state index in [1.54, 1.807) is 0 Å². The lowest BCUT2D eigenvalue weighted by Crippen LogP contribution is -2.38. The highest BCUT2D eigenvalue weighted by atomic mass is 16.5. The first-order chi connectivity index (χ1) is 24.9. The van der Waals surface area contributed by atoms with Gasteiger partial charge in [0.1, 0.15) is 6.61 Å². The number of likely N-dealkylation sites (tertiary alicyclic amines) is 2. The molecule has 0 saturated carbocycles. The molecule has 0 spiro atoms. The van der Waals surface area contributed by atoms with Gasteiger partial charge >= 0.3 is 12.2 Å².